The van der Waals surface area contributed by atoms with Crippen molar-refractivity contribution in [2.24, 2.45) is 11.7 Å². The molecule has 1 aromatic rings. The first-order valence-corrected chi connectivity index (χ1v) is 7.18. The fourth-order valence-electron chi connectivity index (χ4n) is 2.37. The Morgan fingerprint density at radius 1 is 1.32 bits per heavy atom. The SMILES string of the molecule is CC(C)N(CC1CC1)C(=O)Cc1ccccc1CN. The molecule has 1 aliphatic carbocycles. The lowest BCUT2D eigenvalue weighted by atomic mass is 10.0. The van der Waals surface area contributed by atoms with Gasteiger partial charge in [0.05, 0.1) is 6.42 Å². The molecule has 0 aliphatic heterocycles. The van der Waals surface area contributed by atoms with Gasteiger partial charge in [-0.25, -0.2) is 0 Å². The summed E-state index contributed by atoms with van der Waals surface area (Å²) in [6, 6.07) is 8.24. The van der Waals surface area contributed by atoms with E-state index in [1.54, 1.807) is 0 Å². The number of nitrogens with zero attached hydrogens (tertiary/aromatic N) is 1. The minimum Gasteiger partial charge on any atom is -0.340 e. The third kappa shape index (κ3) is 3.80. The summed E-state index contributed by atoms with van der Waals surface area (Å²) in [5.74, 6) is 0.957. The van der Waals surface area contributed by atoms with Crippen molar-refractivity contribution < 1.29 is 4.79 Å². The normalized spacial score (nSPS) is 14.7. The Balaban J connectivity index is 2.04. The Labute approximate surface area is 115 Å². The minimum atomic E-state index is 0.225. The van der Waals surface area contributed by atoms with Crippen LogP contribution in [0.25, 0.3) is 0 Å². The Hall–Kier alpha value is -1.35. The van der Waals surface area contributed by atoms with E-state index in [1.165, 1.54) is 12.8 Å². The van der Waals surface area contributed by atoms with E-state index >= 15 is 0 Å². The number of carbonyl (C=O) groups is 1. The maximum absolute atomic E-state index is 12.5. The van der Waals surface area contributed by atoms with E-state index < -0.39 is 0 Å². The van der Waals surface area contributed by atoms with Gasteiger partial charge in [0.15, 0.2) is 0 Å². The molecule has 2 N–H and O–H groups in total. The van der Waals surface area contributed by atoms with Crippen LogP contribution in [0.3, 0.4) is 0 Å². The highest BCUT2D eigenvalue weighted by molar-refractivity contribution is 5.79. The number of hydrogen-bond donors (Lipinski definition) is 1. The molecule has 3 heteroatoms. The van der Waals surface area contributed by atoms with Crippen LogP contribution >= 0.6 is 0 Å². The van der Waals surface area contributed by atoms with E-state index in [4.69, 9.17) is 5.73 Å². The summed E-state index contributed by atoms with van der Waals surface area (Å²) in [5, 5.41) is 0. The predicted octanol–water partition coefficient (Wildman–Crippen LogP) is 2.33. The van der Waals surface area contributed by atoms with Crippen molar-refractivity contribution in [1.82, 2.24) is 4.90 Å². The summed E-state index contributed by atoms with van der Waals surface area (Å²) in [4.78, 5) is 14.5. The fourth-order valence-corrected chi connectivity index (χ4v) is 2.37. The molecule has 1 amide bonds. The zero-order chi connectivity index (χ0) is 13.8. The third-order valence-corrected chi connectivity index (χ3v) is 3.78. The Morgan fingerprint density at radius 3 is 2.47 bits per heavy atom. The van der Waals surface area contributed by atoms with Gasteiger partial charge in [0.25, 0.3) is 0 Å². The lowest BCUT2D eigenvalue weighted by Crippen LogP contribution is -2.39. The number of carbonyl (C=O) groups excluding carboxylic acids is 1. The summed E-state index contributed by atoms with van der Waals surface area (Å²) in [7, 11) is 0. The minimum absolute atomic E-state index is 0.225. The molecule has 1 aliphatic rings. The lowest BCUT2D eigenvalue weighted by Gasteiger charge is -2.27. The van der Waals surface area contributed by atoms with Gasteiger partial charge < -0.3 is 10.6 Å². The van der Waals surface area contributed by atoms with Gasteiger partial charge in [-0.05, 0) is 43.7 Å². The van der Waals surface area contributed by atoms with E-state index in [0.29, 0.717) is 13.0 Å². The van der Waals surface area contributed by atoms with Gasteiger partial charge in [-0.2, -0.15) is 0 Å². The Morgan fingerprint density at radius 2 is 1.95 bits per heavy atom. The van der Waals surface area contributed by atoms with E-state index in [0.717, 1.165) is 23.6 Å². The highest BCUT2D eigenvalue weighted by Crippen LogP contribution is 2.30. The maximum Gasteiger partial charge on any atom is 0.227 e. The van der Waals surface area contributed by atoms with Gasteiger partial charge >= 0.3 is 0 Å². The van der Waals surface area contributed by atoms with Gasteiger partial charge in [0.1, 0.15) is 0 Å². The second kappa shape index (κ2) is 6.20. The van der Waals surface area contributed by atoms with E-state index in [9.17, 15) is 4.79 Å². The molecule has 0 aromatic heterocycles. The number of benzene rings is 1. The van der Waals surface area contributed by atoms with Crippen molar-refractivity contribution in [3.8, 4) is 0 Å². The molecule has 0 saturated heterocycles. The van der Waals surface area contributed by atoms with Gasteiger partial charge in [0.2, 0.25) is 5.91 Å². The lowest BCUT2D eigenvalue weighted by molar-refractivity contribution is -0.132. The van der Waals surface area contributed by atoms with Gasteiger partial charge in [-0.15, -0.1) is 0 Å². The van der Waals surface area contributed by atoms with Crippen molar-refractivity contribution in [2.75, 3.05) is 6.54 Å². The molecule has 104 valence electrons. The first-order valence-electron chi connectivity index (χ1n) is 7.18. The van der Waals surface area contributed by atoms with E-state index in [-0.39, 0.29) is 11.9 Å². The molecule has 3 nitrogen and oxygen atoms in total. The highest BCUT2D eigenvalue weighted by atomic mass is 16.2. The molecule has 1 saturated carbocycles. The fraction of sp³-hybridized carbons (Fsp3) is 0.562. The molecule has 0 radical (unpaired) electrons. The number of rotatable bonds is 6. The average molecular weight is 260 g/mol. The summed E-state index contributed by atoms with van der Waals surface area (Å²) >= 11 is 0. The van der Waals surface area contributed by atoms with Gasteiger partial charge in [0, 0.05) is 19.1 Å². The molecule has 19 heavy (non-hydrogen) atoms. The number of nitrogens with two attached hydrogens (primary N) is 1. The van der Waals surface area contributed by atoms with E-state index in [2.05, 4.69) is 13.8 Å². The summed E-state index contributed by atoms with van der Waals surface area (Å²) < 4.78 is 0. The van der Waals surface area contributed by atoms with Crippen molar-refractivity contribution in [1.29, 1.82) is 0 Å². The zero-order valence-corrected chi connectivity index (χ0v) is 11.9. The largest absolute Gasteiger partial charge is 0.340 e. The van der Waals surface area contributed by atoms with Crippen molar-refractivity contribution in [2.45, 2.75) is 45.7 Å². The van der Waals surface area contributed by atoms with Crippen LogP contribution in [0.1, 0.15) is 37.8 Å². The van der Waals surface area contributed by atoms with Crippen LogP contribution in [0.2, 0.25) is 0 Å². The van der Waals surface area contributed by atoms with Gasteiger partial charge in [-0.3, -0.25) is 4.79 Å². The van der Waals surface area contributed by atoms with Crippen LogP contribution in [0.4, 0.5) is 0 Å². The molecule has 0 atom stereocenters. The van der Waals surface area contributed by atoms with Crippen LogP contribution in [0.15, 0.2) is 24.3 Å². The van der Waals surface area contributed by atoms with Crippen LogP contribution in [-0.4, -0.2) is 23.4 Å². The monoisotopic (exact) mass is 260 g/mol. The number of hydrogen-bond acceptors (Lipinski definition) is 2. The highest BCUT2D eigenvalue weighted by Gasteiger charge is 2.28. The Kier molecular flexibility index (Phi) is 4.59. The van der Waals surface area contributed by atoms with Crippen LogP contribution in [-0.2, 0) is 17.8 Å². The third-order valence-electron chi connectivity index (χ3n) is 3.78. The van der Waals surface area contributed by atoms with Crippen LogP contribution in [0, 0.1) is 5.92 Å². The quantitative estimate of drug-likeness (QED) is 0.853. The maximum atomic E-state index is 12.5. The van der Waals surface area contributed by atoms with E-state index in [1.807, 2.05) is 29.2 Å². The Bertz CT molecular complexity index is 438. The van der Waals surface area contributed by atoms with Gasteiger partial charge in [-0.1, -0.05) is 24.3 Å². The topological polar surface area (TPSA) is 46.3 Å². The summed E-state index contributed by atoms with van der Waals surface area (Å²) in [6.07, 6.45) is 3.02. The first-order chi connectivity index (χ1) is 9.11. The second-order valence-corrected chi connectivity index (χ2v) is 5.73. The average Bonchev–Trinajstić information content (AvgIpc) is 3.20. The molecule has 0 bridgehead atoms. The number of amides is 1. The zero-order valence-electron chi connectivity index (χ0n) is 11.9. The standard InChI is InChI=1S/C16H24N2O/c1-12(2)18(11-13-7-8-13)16(19)9-14-5-3-4-6-15(14)10-17/h3-6,12-13H,7-11,17H2,1-2H3. The molecule has 1 fully saturated rings. The molecule has 0 heterocycles. The summed E-state index contributed by atoms with van der Waals surface area (Å²) in [6.45, 7) is 5.60. The van der Waals surface area contributed by atoms with Crippen LogP contribution < -0.4 is 5.73 Å². The summed E-state index contributed by atoms with van der Waals surface area (Å²) in [5.41, 5.74) is 7.87. The predicted molar refractivity (Wildman–Crippen MR) is 77.6 cm³/mol. The molecule has 1 aromatic carbocycles. The van der Waals surface area contributed by atoms with Crippen LogP contribution in [0.5, 0.6) is 0 Å². The molecule has 2 rings (SSSR count). The molecule has 0 spiro atoms. The molecular formula is C16H24N2O. The molecular weight excluding hydrogens is 236 g/mol. The van der Waals surface area contributed by atoms with Crippen molar-refractivity contribution in [3.05, 3.63) is 35.4 Å². The van der Waals surface area contributed by atoms with Crippen molar-refractivity contribution in [3.63, 3.8) is 0 Å². The van der Waals surface area contributed by atoms with Crippen molar-refractivity contribution >= 4 is 5.91 Å². The second-order valence-electron chi connectivity index (χ2n) is 5.73. The first kappa shape index (κ1) is 14.1. The molecule has 0 unspecified atom stereocenters. The smallest absolute Gasteiger partial charge is 0.227 e.